The van der Waals surface area contributed by atoms with E-state index in [1.807, 2.05) is 36.4 Å². The molecule has 9 heteroatoms. The summed E-state index contributed by atoms with van der Waals surface area (Å²) in [6.07, 6.45) is 1.87. The van der Waals surface area contributed by atoms with E-state index in [-0.39, 0.29) is 36.9 Å². The minimum Gasteiger partial charge on any atom is -0.480 e. The normalized spacial score (nSPS) is 11.9. The molecule has 1 heterocycles. The molecule has 4 rings (SSSR count). The number of aliphatic carboxylic acids is 1. The number of ether oxygens (including phenoxy) is 1. The van der Waals surface area contributed by atoms with Gasteiger partial charge in [0.05, 0.1) is 6.54 Å². The number of aromatic nitrogens is 1. The third-order valence-corrected chi connectivity index (χ3v) is 5.58. The number of carboxylic acids is 1. The van der Waals surface area contributed by atoms with Crippen LogP contribution in [0.3, 0.4) is 0 Å². The molecule has 0 bridgehead atoms. The number of carbonyl (C=O) groups excluding carboxylic acids is 2. The van der Waals surface area contributed by atoms with E-state index in [9.17, 15) is 14.4 Å². The zero-order chi connectivity index (χ0) is 24.1. The van der Waals surface area contributed by atoms with E-state index in [2.05, 4.69) is 29.2 Å². The Kier molecular flexibility index (Phi) is 6.72. The number of nitrogens with zero attached hydrogens (tertiary/aromatic N) is 2. The van der Waals surface area contributed by atoms with Crippen LogP contribution in [0.15, 0.2) is 72.0 Å². The maximum absolute atomic E-state index is 12.7. The monoisotopic (exact) mass is 461 g/mol. The Morgan fingerprint density at radius 3 is 2.38 bits per heavy atom. The fraction of sp³-hybridized carbons (Fsp3) is 0.200. The molecule has 2 amide bonds. The molecule has 9 nitrogen and oxygen atoms in total. The minimum atomic E-state index is -1.16. The Hall–Kier alpha value is -4.40. The molecule has 0 saturated carbocycles. The molecule has 0 spiro atoms. The van der Waals surface area contributed by atoms with Gasteiger partial charge in [0.2, 0.25) is 0 Å². The lowest BCUT2D eigenvalue weighted by molar-refractivity contribution is -0.137. The minimum absolute atomic E-state index is 0.0373. The Bertz CT molecular complexity index is 1190. The Labute approximate surface area is 195 Å². The van der Waals surface area contributed by atoms with Crippen LogP contribution in [0.5, 0.6) is 0 Å². The summed E-state index contributed by atoms with van der Waals surface area (Å²) in [6, 6.07) is 16.0. The van der Waals surface area contributed by atoms with Crippen LogP contribution in [0.2, 0.25) is 0 Å². The van der Waals surface area contributed by atoms with Gasteiger partial charge < -0.3 is 24.6 Å². The highest BCUT2D eigenvalue weighted by atomic mass is 16.5. The van der Waals surface area contributed by atoms with Crippen molar-refractivity contribution >= 4 is 18.0 Å². The maximum Gasteiger partial charge on any atom is 0.407 e. The fourth-order valence-corrected chi connectivity index (χ4v) is 4.08. The van der Waals surface area contributed by atoms with Gasteiger partial charge in [-0.2, -0.15) is 0 Å². The molecule has 0 radical (unpaired) electrons. The Balaban J connectivity index is 1.38. The molecule has 174 valence electrons. The first-order valence-corrected chi connectivity index (χ1v) is 10.6. The van der Waals surface area contributed by atoms with Gasteiger partial charge >= 0.3 is 12.1 Å². The molecule has 34 heavy (non-hydrogen) atoms. The molecular formula is C25H23N3O6. The molecule has 1 aliphatic carbocycles. The second-order valence-electron chi connectivity index (χ2n) is 7.72. The summed E-state index contributed by atoms with van der Waals surface area (Å²) < 4.78 is 10.4. The van der Waals surface area contributed by atoms with Crippen LogP contribution in [-0.2, 0) is 16.1 Å². The molecule has 3 aromatic rings. The molecule has 1 aliphatic rings. The van der Waals surface area contributed by atoms with Crippen LogP contribution in [-0.4, -0.2) is 52.8 Å². The van der Waals surface area contributed by atoms with Crippen molar-refractivity contribution in [2.24, 2.45) is 0 Å². The van der Waals surface area contributed by atoms with E-state index in [4.69, 9.17) is 14.4 Å². The lowest BCUT2D eigenvalue weighted by atomic mass is 9.98. The van der Waals surface area contributed by atoms with E-state index in [0.29, 0.717) is 0 Å². The van der Waals surface area contributed by atoms with E-state index < -0.39 is 24.5 Å². The summed E-state index contributed by atoms with van der Waals surface area (Å²) in [5, 5.41) is 15.4. The number of nitrogens with one attached hydrogen (secondary N) is 1. The van der Waals surface area contributed by atoms with Crippen molar-refractivity contribution in [1.29, 1.82) is 0 Å². The molecule has 0 saturated heterocycles. The highest BCUT2D eigenvalue weighted by molar-refractivity contribution is 5.96. The predicted octanol–water partition coefficient (Wildman–Crippen LogP) is 3.43. The SMILES string of the molecule is C=CCN(CC(=O)O)C(=O)c1conc1CNC(=O)OCC1c2ccccc2-c2ccccc21. The molecule has 2 aromatic carbocycles. The van der Waals surface area contributed by atoms with Crippen molar-refractivity contribution in [2.45, 2.75) is 12.5 Å². The number of hydrogen-bond acceptors (Lipinski definition) is 6. The predicted molar refractivity (Wildman–Crippen MR) is 122 cm³/mol. The molecule has 1 aromatic heterocycles. The van der Waals surface area contributed by atoms with Crippen LogP contribution in [0.1, 0.15) is 33.1 Å². The van der Waals surface area contributed by atoms with Crippen LogP contribution in [0, 0.1) is 0 Å². The lowest BCUT2D eigenvalue weighted by Gasteiger charge is -2.18. The van der Waals surface area contributed by atoms with Gasteiger partial charge in [-0.05, 0) is 22.3 Å². The van der Waals surface area contributed by atoms with Crippen molar-refractivity contribution in [2.75, 3.05) is 19.7 Å². The molecule has 0 fully saturated rings. The highest BCUT2D eigenvalue weighted by Crippen LogP contribution is 2.44. The van der Waals surface area contributed by atoms with E-state index in [0.717, 1.165) is 33.4 Å². The smallest absolute Gasteiger partial charge is 0.407 e. The van der Waals surface area contributed by atoms with Gasteiger partial charge in [0, 0.05) is 12.5 Å². The van der Waals surface area contributed by atoms with Crippen LogP contribution < -0.4 is 5.32 Å². The topological polar surface area (TPSA) is 122 Å². The van der Waals surface area contributed by atoms with Gasteiger partial charge in [-0.25, -0.2) is 4.79 Å². The third kappa shape index (κ3) is 4.68. The average molecular weight is 461 g/mol. The van der Waals surface area contributed by atoms with Crippen LogP contribution >= 0.6 is 0 Å². The van der Waals surface area contributed by atoms with Crippen LogP contribution in [0.25, 0.3) is 11.1 Å². The Morgan fingerprint density at radius 2 is 1.76 bits per heavy atom. The number of fused-ring (bicyclic) bond motifs is 3. The quantitative estimate of drug-likeness (QED) is 0.468. The lowest BCUT2D eigenvalue weighted by Crippen LogP contribution is -2.36. The van der Waals surface area contributed by atoms with Gasteiger partial charge in [0.25, 0.3) is 5.91 Å². The number of carboxylic acid groups (broad SMARTS) is 1. The average Bonchev–Trinajstić information content (AvgIpc) is 3.43. The summed E-state index contributed by atoms with van der Waals surface area (Å²) in [5.41, 5.74) is 4.68. The maximum atomic E-state index is 12.7. The Morgan fingerprint density at radius 1 is 1.12 bits per heavy atom. The van der Waals surface area contributed by atoms with Crippen molar-refractivity contribution in [3.05, 3.63) is 89.8 Å². The first kappa shape index (κ1) is 22.8. The second kappa shape index (κ2) is 10.0. The van der Waals surface area contributed by atoms with Gasteiger partial charge in [-0.15, -0.1) is 6.58 Å². The van der Waals surface area contributed by atoms with Crippen molar-refractivity contribution < 1.29 is 28.8 Å². The molecular weight excluding hydrogens is 438 g/mol. The van der Waals surface area contributed by atoms with Gasteiger partial charge in [-0.1, -0.05) is 59.8 Å². The standard InChI is InChI=1S/C25H23N3O6/c1-2-11-28(13-23(29)30)24(31)21-15-34-27-22(21)12-26-25(32)33-14-20-18-9-5-3-7-16(18)17-8-4-6-10-19(17)20/h2-10,15,20H,1,11-14H2,(H,26,32)(H,29,30). The third-order valence-electron chi connectivity index (χ3n) is 5.58. The van der Waals surface area contributed by atoms with E-state index in [1.165, 1.54) is 6.08 Å². The number of carbonyl (C=O) groups is 3. The van der Waals surface area contributed by atoms with Crippen LogP contribution in [0.4, 0.5) is 4.79 Å². The first-order chi connectivity index (χ1) is 16.5. The van der Waals surface area contributed by atoms with Crippen molar-refractivity contribution in [1.82, 2.24) is 15.4 Å². The summed E-state index contributed by atoms with van der Waals surface area (Å²) >= 11 is 0. The highest BCUT2D eigenvalue weighted by Gasteiger charge is 2.29. The van der Waals surface area contributed by atoms with E-state index in [1.54, 1.807) is 0 Å². The largest absolute Gasteiger partial charge is 0.480 e. The number of amides is 2. The number of rotatable bonds is 9. The molecule has 0 aliphatic heterocycles. The summed E-state index contributed by atoms with van der Waals surface area (Å²) in [5.74, 6) is -1.83. The van der Waals surface area contributed by atoms with Crippen molar-refractivity contribution in [3.8, 4) is 11.1 Å². The zero-order valence-corrected chi connectivity index (χ0v) is 18.3. The molecule has 0 atom stereocenters. The first-order valence-electron chi connectivity index (χ1n) is 10.6. The summed E-state index contributed by atoms with van der Waals surface area (Å²) in [6.45, 7) is 3.10. The summed E-state index contributed by atoms with van der Waals surface area (Å²) in [7, 11) is 0. The second-order valence-corrected chi connectivity index (χ2v) is 7.72. The van der Waals surface area contributed by atoms with E-state index >= 15 is 0 Å². The van der Waals surface area contributed by atoms with Gasteiger partial charge in [0.1, 0.15) is 30.7 Å². The summed E-state index contributed by atoms with van der Waals surface area (Å²) in [4.78, 5) is 37.2. The number of alkyl carbamates (subject to hydrolysis) is 1. The number of hydrogen-bond donors (Lipinski definition) is 2. The molecule has 2 N–H and O–H groups in total. The zero-order valence-electron chi connectivity index (χ0n) is 18.3. The van der Waals surface area contributed by atoms with Crippen molar-refractivity contribution in [3.63, 3.8) is 0 Å². The molecule has 0 unspecified atom stereocenters. The van der Waals surface area contributed by atoms with Gasteiger partial charge in [0.15, 0.2) is 0 Å². The number of benzene rings is 2. The van der Waals surface area contributed by atoms with Gasteiger partial charge in [-0.3, -0.25) is 9.59 Å². The fourth-order valence-electron chi connectivity index (χ4n) is 4.08.